The number of hydrogen-bond donors (Lipinski definition) is 5. The molecule has 36 heavy (non-hydrogen) atoms. The number of nitrogens with one attached hydrogen (secondary N) is 4. The van der Waals surface area contributed by atoms with E-state index in [-0.39, 0.29) is 43.1 Å². The smallest absolute Gasteiger partial charge is 0.255 e. The quantitative estimate of drug-likeness (QED) is 0.367. The van der Waals surface area contributed by atoms with Gasteiger partial charge in [-0.25, -0.2) is 4.98 Å². The average Bonchev–Trinajstić information content (AvgIpc) is 3.32. The van der Waals surface area contributed by atoms with Crippen LogP contribution in [0.4, 0.5) is 0 Å². The molecule has 0 spiro atoms. The largest absolute Gasteiger partial charge is 0.491 e. The van der Waals surface area contributed by atoms with Crippen LogP contribution in [0.2, 0.25) is 5.02 Å². The maximum absolute atomic E-state index is 13.3. The van der Waals surface area contributed by atoms with Crippen LogP contribution in [0.3, 0.4) is 0 Å². The normalized spacial score (nSPS) is 21.1. The molecule has 3 rings (SSSR count). The average molecular weight is 519 g/mol. The number of H-pyrrole nitrogens is 1. The summed E-state index contributed by atoms with van der Waals surface area (Å²) in [6.45, 7) is 4.13. The number of halogens is 1. The Bertz CT molecular complexity index is 1090. The molecular formula is C24H31ClN6O5. The molecular weight excluding hydrogens is 488 g/mol. The third-order valence-corrected chi connectivity index (χ3v) is 5.88. The molecule has 6 N–H and O–H groups in total. The minimum Gasteiger partial charge on any atom is -0.491 e. The SMILES string of the molecule is CC(C)C[C@H]1COc2ccc(Cl)cc2C(=O)N[C@@H](CCC(N)=O)C(=O)N[C@@H](Cc2cnc[nH]2)C(=O)N1. The van der Waals surface area contributed by atoms with Crippen LogP contribution >= 0.6 is 11.6 Å². The van der Waals surface area contributed by atoms with E-state index in [1.165, 1.54) is 12.4 Å². The number of hydrogen-bond acceptors (Lipinski definition) is 6. The van der Waals surface area contributed by atoms with Gasteiger partial charge < -0.3 is 31.4 Å². The van der Waals surface area contributed by atoms with E-state index in [9.17, 15) is 19.2 Å². The predicted octanol–water partition coefficient (Wildman–Crippen LogP) is 1.08. The molecule has 2 aromatic rings. The molecule has 2 heterocycles. The highest BCUT2D eigenvalue weighted by atomic mass is 35.5. The molecule has 1 aromatic heterocycles. The van der Waals surface area contributed by atoms with Gasteiger partial charge in [-0.15, -0.1) is 0 Å². The van der Waals surface area contributed by atoms with Gasteiger partial charge in [0.1, 0.15) is 24.4 Å². The molecule has 11 nitrogen and oxygen atoms in total. The molecule has 3 atom stereocenters. The second-order valence-electron chi connectivity index (χ2n) is 9.16. The zero-order valence-corrected chi connectivity index (χ0v) is 20.9. The molecule has 194 valence electrons. The highest BCUT2D eigenvalue weighted by molar-refractivity contribution is 6.31. The molecule has 1 aliphatic heterocycles. The van der Waals surface area contributed by atoms with Crippen LogP contribution < -0.4 is 26.4 Å². The van der Waals surface area contributed by atoms with E-state index in [4.69, 9.17) is 22.1 Å². The van der Waals surface area contributed by atoms with Crippen LogP contribution in [0.25, 0.3) is 0 Å². The molecule has 0 unspecified atom stereocenters. The van der Waals surface area contributed by atoms with Gasteiger partial charge in [0.05, 0.1) is 17.9 Å². The van der Waals surface area contributed by atoms with Crippen molar-refractivity contribution in [3.05, 3.63) is 47.0 Å². The second kappa shape index (κ2) is 12.4. The predicted molar refractivity (Wildman–Crippen MR) is 132 cm³/mol. The third kappa shape index (κ3) is 7.70. The van der Waals surface area contributed by atoms with Crippen LogP contribution in [0.1, 0.15) is 49.2 Å². The Labute approximate surface area is 213 Å². The summed E-state index contributed by atoms with van der Waals surface area (Å²) in [7, 11) is 0. The van der Waals surface area contributed by atoms with Crippen molar-refractivity contribution >= 4 is 35.2 Å². The van der Waals surface area contributed by atoms with Crippen molar-refractivity contribution in [2.75, 3.05) is 6.61 Å². The molecule has 12 heteroatoms. The van der Waals surface area contributed by atoms with E-state index >= 15 is 0 Å². The fraction of sp³-hybridized carbons (Fsp3) is 0.458. The highest BCUT2D eigenvalue weighted by Gasteiger charge is 2.31. The van der Waals surface area contributed by atoms with Gasteiger partial charge in [0.25, 0.3) is 5.91 Å². The van der Waals surface area contributed by atoms with E-state index in [1.807, 2.05) is 13.8 Å². The number of carbonyl (C=O) groups is 4. The van der Waals surface area contributed by atoms with Gasteiger partial charge in [-0.1, -0.05) is 25.4 Å². The number of primary amides is 1. The minimum absolute atomic E-state index is 0.0575. The molecule has 0 radical (unpaired) electrons. The van der Waals surface area contributed by atoms with Gasteiger partial charge in [-0.2, -0.15) is 0 Å². The number of aromatic nitrogens is 2. The van der Waals surface area contributed by atoms with Gasteiger partial charge in [0.2, 0.25) is 17.7 Å². The van der Waals surface area contributed by atoms with Crippen molar-refractivity contribution in [2.45, 2.75) is 57.7 Å². The van der Waals surface area contributed by atoms with Gasteiger partial charge in [0.15, 0.2) is 0 Å². The van der Waals surface area contributed by atoms with Crippen LogP contribution in [0.5, 0.6) is 5.75 Å². The number of fused-ring (bicyclic) bond motifs is 1. The van der Waals surface area contributed by atoms with E-state index in [0.29, 0.717) is 17.1 Å². The van der Waals surface area contributed by atoms with Gasteiger partial charge in [-0.05, 0) is 37.0 Å². The fourth-order valence-corrected chi connectivity index (χ4v) is 4.10. The molecule has 1 aliphatic rings. The van der Waals surface area contributed by atoms with E-state index in [0.717, 1.165) is 0 Å². The first kappa shape index (κ1) is 27.0. The number of benzene rings is 1. The van der Waals surface area contributed by atoms with Crippen LogP contribution in [-0.2, 0) is 20.8 Å². The number of aromatic amines is 1. The highest BCUT2D eigenvalue weighted by Crippen LogP contribution is 2.24. The Balaban J connectivity index is 1.98. The summed E-state index contributed by atoms with van der Waals surface area (Å²) in [5.74, 6) is -1.80. The van der Waals surface area contributed by atoms with Crippen molar-refractivity contribution < 1.29 is 23.9 Å². The number of rotatable bonds is 7. The zero-order chi connectivity index (χ0) is 26.2. The Morgan fingerprint density at radius 2 is 1.92 bits per heavy atom. The second-order valence-corrected chi connectivity index (χ2v) is 9.60. The number of carbonyl (C=O) groups excluding carboxylic acids is 4. The number of ether oxygens (including phenoxy) is 1. The lowest BCUT2D eigenvalue weighted by Crippen LogP contribution is -2.56. The third-order valence-electron chi connectivity index (χ3n) is 5.64. The molecule has 1 aromatic carbocycles. The van der Waals surface area contributed by atoms with E-state index < -0.39 is 41.8 Å². The van der Waals surface area contributed by atoms with Gasteiger partial charge in [0, 0.05) is 29.8 Å². The van der Waals surface area contributed by atoms with E-state index in [1.54, 1.807) is 18.3 Å². The van der Waals surface area contributed by atoms with E-state index in [2.05, 4.69) is 25.9 Å². The van der Waals surface area contributed by atoms with Crippen molar-refractivity contribution in [1.29, 1.82) is 0 Å². The lowest BCUT2D eigenvalue weighted by atomic mass is 10.0. The first-order chi connectivity index (χ1) is 17.1. The van der Waals surface area contributed by atoms with Crippen molar-refractivity contribution in [3.8, 4) is 5.75 Å². The lowest BCUT2D eigenvalue weighted by Gasteiger charge is -2.25. The van der Waals surface area contributed by atoms with Crippen molar-refractivity contribution in [2.24, 2.45) is 11.7 Å². The molecule has 0 fully saturated rings. The number of nitrogens with zero attached hydrogens (tertiary/aromatic N) is 1. The Morgan fingerprint density at radius 1 is 1.17 bits per heavy atom. The number of amides is 4. The number of imidazole rings is 1. The fourth-order valence-electron chi connectivity index (χ4n) is 3.92. The molecule has 0 bridgehead atoms. The summed E-state index contributed by atoms with van der Waals surface area (Å²) in [6.07, 6.45) is 3.57. The summed E-state index contributed by atoms with van der Waals surface area (Å²) < 4.78 is 5.96. The Kier molecular flexibility index (Phi) is 9.29. The standard InChI is InChI=1S/C24H31ClN6O5/c1-13(2)7-16-11-36-20-5-3-14(25)8-17(20)22(33)30-18(4-6-21(26)32)23(34)31-19(24(35)29-16)9-15-10-27-12-28-15/h3,5,8,10,12-13,16,18-19H,4,6-7,9,11H2,1-2H3,(H2,26,32)(H,27,28)(H,29,35)(H,30,33)(H,31,34)/t16-,18-,19-/m0/s1. The lowest BCUT2D eigenvalue weighted by molar-refractivity contribution is -0.130. The summed E-state index contributed by atoms with van der Waals surface area (Å²) in [4.78, 5) is 58.1. The maximum atomic E-state index is 13.3. The van der Waals surface area contributed by atoms with Crippen LogP contribution in [-0.4, -0.2) is 58.3 Å². The van der Waals surface area contributed by atoms with Crippen LogP contribution in [0.15, 0.2) is 30.7 Å². The molecule has 4 amide bonds. The summed E-state index contributed by atoms with van der Waals surface area (Å²) in [6, 6.07) is 2.08. The molecule has 0 saturated heterocycles. The van der Waals surface area contributed by atoms with Crippen molar-refractivity contribution in [1.82, 2.24) is 25.9 Å². The Morgan fingerprint density at radius 3 is 2.58 bits per heavy atom. The van der Waals surface area contributed by atoms with Gasteiger partial charge >= 0.3 is 0 Å². The van der Waals surface area contributed by atoms with Gasteiger partial charge in [-0.3, -0.25) is 19.2 Å². The molecule has 0 saturated carbocycles. The minimum atomic E-state index is -1.14. The first-order valence-electron chi connectivity index (χ1n) is 11.7. The summed E-state index contributed by atoms with van der Waals surface area (Å²) >= 11 is 6.12. The summed E-state index contributed by atoms with van der Waals surface area (Å²) in [5, 5.41) is 8.62. The van der Waals surface area contributed by atoms with Crippen molar-refractivity contribution in [3.63, 3.8) is 0 Å². The number of nitrogens with two attached hydrogens (primary N) is 1. The first-order valence-corrected chi connectivity index (χ1v) is 12.1. The van der Waals surface area contributed by atoms with Crippen LogP contribution in [0, 0.1) is 5.92 Å². The summed E-state index contributed by atoms with van der Waals surface area (Å²) in [5.41, 5.74) is 6.04. The monoisotopic (exact) mass is 518 g/mol. The molecule has 0 aliphatic carbocycles. The zero-order valence-electron chi connectivity index (χ0n) is 20.2. The topological polar surface area (TPSA) is 168 Å². The Hall–Kier alpha value is -3.60. The maximum Gasteiger partial charge on any atom is 0.255 e.